The first-order valence-electron chi connectivity index (χ1n) is 9.55. The zero-order chi connectivity index (χ0) is 18.4. The number of rotatable bonds is 6. The highest BCUT2D eigenvalue weighted by Crippen LogP contribution is 2.22. The second-order valence-corrected chi connectivity index (χ2v) is 9.37. The van der Waals surface area contributed by atoms with Gasteiger partial charge in [-0.1, -0.05) is 30.3 Å². The van der Waals surface area contributed by atoms with Crippen LogP contribution in [-0.2, 0) is 20.6 Å². The van der Waals surface area contributed by atoms with E-state index in [2.05, 4.69) is 10.6 Å². The third-order valence-corrected chi connectivity index (χ3v) is 7.12. The highest BCUT2D eigenvalue weighted by Gasteiger charge is 2.32. The summed E-state index contributed by atoms with van der Waals surface area (Å²) in [7, 11) is -3.39. The highest BCUT2D eigenvalue weighted by atomic mass is 32.2. The van der Waals surface area contributed by atoms with Crippen molar-refractivity contribution in [3.05, 3.63) is 35.9 Å². The summed E-state index contributed by atoms with van der Waals surface area (Å²) in [5, 5.41) is 6.39. The van der Waals surface area contributed by atoms with Crippen LogP contribution in [0.1, 0.15) is 31.2 Å². The SMILES string of the molecule is O=C(NCC1CCCNC1)C1CCCN(S(=O)(=O)Cc2ccccc2)C1. The fourth-order valence-corrected chi connectivity index (χ4v) is 5.38. The normalized spacial score (nSPS) is 24.9. The van der Waals surface area contributed by atoms with E-state index in [1.165, 1.54) is 4.31 Å². The molecule has 0 aliphatic carbocycles. The summed E-state index contributed by atoms with van der Waals surface area (Å²) >= 11 is 0. The third kappa shape index (κ3) is 5.28. The zero-order valence-corrected chi connectivity index (χ0v) is 16.0. The molecule has 2 aliphatic heterocycles. The molecule has 0 spiro atoms. The first kappa shape index (κ1) is 19.3. The molecule has 7 heteroatoms. The molecular formula is C19H29N3O3S. The molecule has 3 rings (SSSR count). The van der Waals surface area contributed by atoms with E-state index in [9.17, 15) is 13.2 Å². The van der Waals surface area contributed by atoms with Gasteiger partial charge in [-0.05, 0) is 50.3 Å². The van der Waals surface area contributed by atoms with E-state index >= 15 is 0 Å². The van der Waals surface area contributed by atoms with E-state index in [-0.39, 0.29) is 17.6 Å². The van der Waals surface area contributed by atoms with Gasteiger partial charge in [0, 0.05) is 19.6 Å². The van der Waals surface area contributed by atoms with Gasteiger partial charge in [-0.3, -0.25) is 4.79 Å². The molecule has 1 aromatic rings. The van der Waals surface area contributed by atoms with Crippen molar-refractivity contribution in [3.63, 3.8) is 0 Å². The van der Waals surface area contributed by atoms with Crippen LogP contribution in [0, 0.1) is 11.8 Å². The Balaban J connectivity index is 1.53. The van der Waals surface area contributed by atoms with Crippen molar-refractivity contribution in [2.24, 2.45) is 11.8 Å². The van der Waals surface area contributed by atoms with Crippen LogP contribution < -0.4 is 10.6 Å². The number of sulfonamides is 1. The van der Waals surface area contributed by atoms with Crippen LogP contribution in [-0.4, -0.2) is 51.4 Å². The number of hydrogen-bond acceptors (Lipinski definition) is 4. The second-order valence-electron chi connectivity index (χ2n) is 7.40. The first-order valence-corrected chi connectivity index (χ1v) is 11.2. The number of nitrogens with zero attached hydrogens (tertiary/aromatic N) is 1. The lowest BCUT2D eigenvalue weighted by Crippen LogP contribution is -2.47. The Labute approximate surface area is 156 Å². The molecule has 0 saturated carbocycles. The lowest BCUT2D eigenvalue weighted by atomic mass is 9.97. The maximum atomic E-state index is 12.7. The monoisotopic (exact) mass is 379 g/mol. The fraction of sp³-hybridized carbons (Fsp3) is 0.632. The molecule has 0 aromatic heterocycles. The van der Waals surface area contributed by atoms with E-state index in [0.717, 1.165) is 44.3 Å². The van der Waals surface area contributed by atoms with E-state index in [0.29, 0.717) is 25.6 Å². The lowest BCUT2D eigenvalue weighted by molar-refractivity contribution is -0.126. The summed E-state index contributed by atoms with van der Waals surface area (Å²) in [6.07, 6.45) is 3.77. The largest absolute Gasteiger partial charge is 0.355 e. The first-order chi connectivity index (χ1) is 12.5. The van der Waals surface area contributed by atoms with Gasteiger partial charge in [-0.25, -0.2) is 12.7 Å². The fourth-order valence-electron chi connectivity index (χ4n) is 3.77. The maximum Gasteiger partial charge on any atom is 0.224 e. The number of hydrogen-bond donors (Lipinski definition) is 2. The van der Waals surface area contributed by atoms with Gasteiger partial charge in [0.25, 0.3) is 0 Å². The van der Waals surface area contributed by atoms with Crippen LogP contribution in [0.5, 0.6) is 0 Å². The Morgan fingerprint density at radius 1 is 1.19 bits per heavy atom. The maximum absolute atomic E-state index is 12.7. The van der Waals surface area contributed by atoms with Gasteiger partial charge in [-0.15, -0.1) is 0 Å². The van der Waals surface area contributed by atoms with Crippen molar-refractivity contribution in [3.8, 4) is 0 Å². The molecule has 1 aromatic carbocycles. The van der Waals surface area contributed by atoms with Crippen molar-refractivity contribution in [2.45, 2.75) is 31.4 Å². The average Bonchev–Trinajstić information content (AvgIpc) is 2.67. The quantitative estimate of drug-likeness (QED) is 0.782. The molecule has 2 aliphatic rings. The third-order valence-electron chi connectivity index (χ3n) is 5.30. The molecule has 2 unspecified atom stereocenters. The summed E-state index contributed by atoms with van der Waals surface area (Å²) in [6, 6.07) is 9.21. The zero-order valence-electron chi connectivity index (χ0n) is 15.2. The van der Waals surface area contributed by atoms with Gasteiger partial charge in [-0.2, -0.15) is 0 Å². The summed E-state index contributed by atoms with van der Waals surface area (Å²) in [5.74, 6) is 0.228. The number of carbonyl (C=O) groups is 1. The summed E-state index contributed by atoms with van der Waals surface area (Å²) in [6.45, 7) is 3.48. The molecule has 0 bridgehead atoms. The molecular weight excluding hydrogens is 350 g/mol. The minimum absolute atomic E-state index is 0.00405. The number of piperidine rings is 2. The summed E-state index contributed by atoms with van der Waals surface area (Å²) in [5.41, 5.74) is 0.781. The summed E-state index contributed by atoms with van der Waals surface area (Å²) < 4.78 is 26.9. The predicted octanol–water partition coefficient (Wildman–Crippen LogP) is 1.34. The van der Waals surface area contributed by atoms with Crippen molar-refractivity contribution in [1.82, 2.24) is 14.9 Å². The van der Waals surface area contributed by atoms with Crippen molar-refractivity contribution < 1.29 is 13.2 Å². The standard InChI is InChI=1S/C19H29N3O3S/c23-19(21-13-17-8-4-10-20-12-17)18-9-5-11-22(14-18)26(24,25)15-16-6-2-1-3-7-16/h1-3,6-7,17-18,20H,4-5,8-15H2,(H,21,23). The van der Waals surface area contributed by atoms with Crippen LogP contribution in [0.3, 0.4) is 0 Å². The predicted molar refractivity (Wildman–Crippen MR) is 102 cm³/mol. The number of amides is 1. The molecule has 144 valence electrons. The van der Waals surface area contributed by atoms with Gasteiger partial charge in [0.15, 0.2) is 0 Å². The summed E-state index contributed by atoms with van der Waals surface area (Å²) in [4.78, 5) is 12.5. The van der Waals surface area contributed by atoms with Crippen LogP contribution in [0.2, 0.25) is 0 Å². The van der Waals surface area contributed by atoms with Crippen molar-refractivity contribution in [1.29, 1.82) is 0 Å². The van der Waals surface area contributed by atoms with Crippen molar-refractivity contribution in [2.75, 3.05) is 32.7 Å². The van der Waals surface area contributed by atoms with Crippen LogP contribution in [0.15, 0.2) is 30.3 Å². The topological polar surface area (TPSA) is 78.5 Å². The highest BCUT2D eigenvalue weighted by molar-refractivity contribution is 7.88. The molecule has 0 radical (unpaired) electrons. The van der Waals surface area contributed by atoms with Gasteiger partial charge in [0.2, 0.25) is 15.9 Å². The second kappa shape index (κ2) is 8.97. The number of carbonyl (C=O) groups excluding carboxylic acids is 1. The van der Waals surface area contributed by atoms with Gasteiger partial charge >= 0.3 is 0 Å². The number of benzene rings is 1. The van der Waals surface area contributed by atoms with Crippen LogP contribution in [0.4, 0.5) is 0 Å². The van der Waals surface area contributed by atoms with Crippen LogP contribution in [0.25, 0.3) is 0 Å². The molecule has 6 nitrogen and oxygen atoms in total. The minimum atomic E-state index is -3.39. The molecule has 2 fully saturated rings. The van der Waals surface area contributed by atoms with E-state index in [4.69, 9.17) is 0 Å². The lowest BCUT2D eigenvalue weighted by Gasteiger charge is -2.32. The van der Waals surface area contributed by atoms with Crippen LogP contribution >= 0.6 is 0 Å². The van der Waals surface area contributed by atoms with E-state index in [1.54, 1.807) is 0 Å². The van der Waals surface area contributed by atoms with E-state index in [1.807, 2.05) is 30.3 Å². The Kier molecular flexibility index (Phi) is 6.67. The minimum Gasteiger partial charge on any atom is -0.355 e. The molecule has 26 heavy (non-hydrogen) atoms. The Morgan fingerprint density at radius 3 is 2.73 bits per heavy atom. The van der Waals surface area contributed by atoms with Crippen molar-refractivity contribution >= 4 is 15.9 Å². The van der Waals surface area contributed by atoms with Gasteiger partial charge in [0.05, 0.1) is 11.7 Å². The van der Waals surface area contributed by atoms with Gasteiger partial charge < -0.3 is 10.6 Å². The molecule has 1 amide bonds. The molecule has 2 saturated heterocycles. The molecule has 2 heterocycles. The van der Waals surface area contributed by atoms with E-state index < -0.39 is 10.0 Å². The smallest absolute Gasteiger partial charge is 0.224 e. The Hall–Kier alpha value is -1.44. The Bertz CT molecular complexity index is 687. The number of nitrogens with one attached hydrogen (secondary N) is 2. The Morgan fingerprint density at radius 2 is 2.00 bits per heavy atom. The molecule has 2 atom stereocenters. The van der Waals surface area contributed by atoms with Gasteiger partial charge in [0.1, 0.15) is 0 Å². The average molecular weight is 380 g/mol. The molecule has 2 N–H and O–H groups in total.